The van der Waals surface area contributed by atoms with Crippen LogP contribution in [0.3, 0.4) is 0 Å². The van der Waals surface area contributed by atoms with E-state index >= 15 is 0 Å². The van der Waals surface area contributed by atoms with E-state index in [1.807, 2.05) is 6.92 Å². The van der Waals surface area contributed by atoms with Crippen molar-refractivity contribution < 1.29 is 0 Å². The zero-order valence-corrected chi connectivity index (χ0v) is 11.0. The predicted molar refractivity (Wildman–Crippen MR) is 74.3 cm³/mol. The second kappa shape index (κ2) is 7.98. The van der Waals surface area contributed by atoms with E-state index in [2.05, 4.69) is 51.1 Å². The maximum atomic E-state index is 4.01. The lowest BCUT2D eigenvalue weighted by atomic mass is 10.0. The summed E-state index contributed by atoms with van der Waals surface area (Å²) < 4.78 is 0. The molecule has 16 heavy (non-hydrogen) atoms. The molecule has 0 aromatic carbocycles. The minimum absolute atomic E-state index is 0.312. The molecule has 0 aliphatic heterocycles. The summed E-state index contributed by atoms with van der Waals surface area (Å²) in [5.41, 5.74) is 3.23. The zero-order chi connectivity index (χ0) is 12.6. The van der Waals surface area contributed by atoms with Gasteiger partial charge in [0, 0.05) is 18.2 Å². The van der Waals surface area contributed by atoms with Crippen molar-refractivity contribution in [2.75, 3.05) is 6.54 Å². The van der Waals surface area contributed by atoms with E-state index in [9.17, 15) is 0 Å². The first-order valence-electron chi connectivity index (χ1n) is 5.91. The molecule has 0 saturated heterocycles. The largest absolute Gasteiger partial charge is 0.384 e. The summed E-state index contributed by atoms with van der Waals surface area (Å²) in [6.07, 6.45) is 6.53. The van der Waals surface area contributed by atoms with Gasteiger partial charge in [0.1, 0.15) is 0 Å². The summed E-state index contributed by atoms with van der Waals surface area (Å²) >= 11 is 0. The molecule has 0 spiro atoms. The number of unbranched alkanes of at least 4 members (excludes halogenated alkanes) is 1. The molecule has 1 heteroatoms. The fourth-order valence-corrected chi connectivity index (χ4v) is 1.15. The number of hydrogen-bond donors (Lipinski definition) is 1. The summed E-state index contributed by atoms with van der Waals surface area (Å²) in [5, 5.41) is 3.28. The van der Waals surface area contributed by atoms with E-state index in [4.69, 9.17) is 0 Å². The number of nitrogens with one attached hydrogen (secondary N) is 1. The van der Waals surface area contributed by atoms with E-state index in [1.54, 1.807) is 0 Å². The Hall–Kier alpha value is -1.24. The first kappa shape index (κ1) is 14.8. The molecule has 90 valence electrons. The third kappa shape index (κ3) is 6.28. The van der Waals surface area contributed by atoms with E-state index < -0.39 is 0 Å². The molecule has 0 heterocycles. The highest BCUT2D eigenvalue weighted by Gasteiger charge is 2.05. The molecule has 1 N–H and O–H groups in total. The summed E-state index contributed by atoms with van der Waals surface area (Å²) in [4.78, 5) is 0. The van der Waals surface area contributed by atoms with Gasteiger partial charge < -0.3 is 5.32 Å². The van der Waals surface area contributed by atoms with Gasteiger partial charge in [0.25, 0.3) is 0 Å². The molecular weight excluding hydrogens is 194 g/mol. The topological polar surface area (TPSA) is 12.0 Å². The third-order valence-electron chi connectivity index (χ3n) is 2.61. The van der Waals surface area contributed by atoms with Gasteiger partial charge >= 0.3 is 0 Å². The Morgan fingerprint density at radius 2 is 1.94 bits per heavy atom. The molecule has 0 aromatic heterocycles. The first-order chi connectivity index (χ1) is 7.49. The highest BCUT2D eigenvalue weighted by atomic mass is 14.9. The van der Waals surface area contributed by atoms with Gasteiger partial charge in [-0.2, -0.15) is 0 Å². The predicted octanol–water partition coefficient (Wildman–Crippen LogP) is 4.21. The minimum Gasteiger partial charge on any atom is -0.384 e. The monoisotopic (exact) mass is 219 g/mol. The summed E-state index contributed by atoms with van der Waals surface area (Å²) in [7, 11) is 0. The van der Waals surface area contributed by atoms with Crippen molar-refractivity contribution in [3.8, 4) is 0 Å². The molecule has 0 saturated carbocycles. The van der Waals surface area contributed by atoms with Gasteiger partial charge in [0.2, 0.25) is 0 Å². The van der Waals surface area contributed by atoms with E-state index in [-0.39, 0.29) is 0 Å². The number of allylic oxidation sites excluding steroid dienone is 2. The van der Waals surface area contributed by atoms with Crippen molar-refractivity contribution in [2.45, 2.75) is 33.6 Å². The molecule has 1 unspecified atom stereocenters. The smallest absolute Gasteiger partial charge is 0.0391 e. The first-order valence-corrected chi connectivity index (χ1v) is 5.91. The number of hydrogen-bond acceptors (Lipinski definition) is 1. The van der Waals surface area contributed by atoms with Gasteiger partial charge in [-0.3, -0.25) is 0 Å². The van der Waals surface area contributed by atoms with Crippen LogP contribution in [0, 0.1) is 5.92 Å². The highest BCUT2D eigenvalue weighted by molar-refractivity contribution is 5.19. The van der Waals surface area contributed by atoms with Crippen molar-refractivity contribution in [1.82, 2.24) is 5.32 Å². The Bertz CT molecular complexity index is 284. The summed E-state index contributed by atoms with van der Waals surface area (Å²) in [6.45, 7) is 19.0. The molecule has 0 amide bonds. The van der Waals surface area contributed by atoms with E-state index in [0.29, 0.717) is 5.92 Å². The maximum Gasteiger partial charge on any atom is 0.0391 e. The van der Waals surface area contributed by atoms with Crippen LogP contribution in [0.5, 0.6) is 0 Å². The van der Waals surface area contributed by atoms with Crippen molar-refractivity contribution in [1.29, 1.82) is 0 Å². The zero-order valence-electron chi connectivity index (χ0n) is 11.0. The van der Waals surface area contributed by atoms with Crippen LogP contribution < -0.4 is 5.32 Å². The van der Waals surface area contributed by atoms with Crippen LogP contribution in [0.2, 0.25) is 0 Å². The lowest BCUT2D eigenvalue weighted by molar-refractivity contribution is 0.705. The summed E-state index contributed by atoms with van der Waals surface area (Å²) in [5.74, 6) is 0.312. The molecule has 1 atom stereocenters. The van der Waals surface area contributed by atoms with Crippen molar-refractivity contribution >= 4 is 0 Å². The SMILES string of the molecule is C=C(/C=C\CCC)CNC(=C)C(C)C(=C)C. The van der Waals surface area contributed by atoms with Crippen LogP contribution in [0.4, 0.5) is 0 Å². The van der Waals surface area contributed by atoms with Crippen LogP contribution in [0.25, 0.3) is 0 Å². The molecule has 0 aliphatic carbocycles. The van der Waals surface area contributed by atoms with Crippen LogP contribution >= 0.6 is 0 Å². The fraction of sp³-hybridized carbons (Fsp3) is 0.467. The van der Waals surface area contributed by atoms with Crippen molar-refractivity contribution in [2.24, 2.45) is 5.92 Å². The minimum atomic E-state index is 0.312. The van der Waals surface area contributed by atoms with Crippen LogP contribution in [0.1, 0.15) is 33.6 Å². The Kier molecular flexibility index (Phi) is 7.36. The third-order valence-corrected chi connectivity index (χ3v) is 2.61. The molecule has 1 nitrogen and oxygen atoms in total. The van der Waals surface area contributed by atoms with Gasteiger partial charge in [-0.1, -0.05) is 57.7 Å². The molecule has 0 rings (SSSR count). The Morgan fingerprint density at radius 3 is 2.44 bits per heavy atom. The van der Waals surface area contributed by atoms with Crippen LogP contribution in [0.15, 0.2) is 48.7 Å². The van der Waals surface area contributed by atoms with Crippen LogP contribution in [-0.4, -0.2) is 6.54 Å². The van der Waals surface area contributed by atoms with Gasteiger partial charge in [0.05, 0.1) is 0 Å². The number of rotatable bonds is 8. The second-order valence-electron chi connectivity index (χ2n) is 4.30. The van der Waals surface area contributed by atoms with Crippen LogP contribution in [-0.2, 0) is 0 Å². The molecule has 0 fully saturated rings. The standard InChI is InChI=1S/C15H25N/c1-7-8-9-10-13(4)11-16-15(6)14(5)12(2)3/h9-10,14,16H,2,4,6-8,11H2,1,3,5H3/b10-9-. The van der Waals surface area contributed by atoms with Gasteiger partial charge in [-0.05, 0) is 18.9 Å². The normalized spacial score (nSPS) is 12.4. The lowest BCUT2D eigenvalue weighted by Crippen LogP contribution is -2.20. The van der Waals surface area contributed by atoms with E-state index in [1.165, 1.54) is 6.42 Å². The molecule has 0 radical (unpaired) electrons. The van der Waals surface area contributed by atoms with Crippen molar-refractivity contribution in [3.05, 3.63) is 48.7 Å². The Balaban J connectivity index is 3.92. The van der Waals surface area contributed by atoms with Gasteiger partial charge in [0.15, 0.2) is 0 Å². The molecular formula is C15H25N. The average Bonchev–Trinajstić information content (AvgIpc) is 2.25. The Morgan fingerprint density at radius 1 is 1.31 bits per heavy atom. The van der Waals surface area contributed by atoms with Gasteiger partial charge in [-0.15, -0.1) is 0 Å². The molecule has 0 aliphatic rings. The highest BCUT2D eigenvalue weighted by Crippen LogP contribution is 2.13. The average molecular weight is 219 g/mol. The maximum absolute atomic E-state index is 4.01. The second-order valence-corrected chi connectivity index (χ2v) is 4.30. The quantitative estimate of drug-likeness (QED) is 0.476. The molecule has 0 bridgehead atoms. The fourth-order valence-electron chi connectivity index (χ4n) is 1.15. The molecule has 0 aromatic rings. The van der Waals surface area contributed by atoms with Crippen molar-refractivity contribution in [3.63, 3.8) is 0 Å². The van der Waals surface area contributed by atoms with Gasteiger partial charge in [-0.25, -0.2) is 0 Å². The summed E-state index contributed by atoms with van der Waals surface area (Å²) in [6, 6.07) is 0. The Labute approximate surface area is 101 Å². The lowest BCUT2D eigenvalue weighted by Gasteiger charge is -2.16. The van der Waals surface area contributed by atoms with E-state index in [0.717, 1.165) is 29.8 Å².